The highest BCUT2D eigenvalue weighted by Gasteiger charge is 2.26. The van der Waals surface area contributed by atoms with Crippen molar-refractivity contribution < 1.29 is 19.1 Å². The second-order valence-electron chi connectivity index (χ2n) is 6.07. The summed E-state index contributed by atoms with van der Waals surface area (Å²) in [6, 6.07) is 1.40. The molecule has 0 aliphatic carbocycles. The molecular weight excluding hydrogens is 310 g/mol. The Hall–Kier alpha value is -2.15. The number of anilines is 1. The summed E-state index contributed by atoms with van der Waals surface area (Å²) in [4.78, 5) is 30.6. The van der Waals surface area contributed by atoms with Gasteiger partial charge in [-0.15, -0.1) is 0 Å². The second-order valence-corrected chi connectivity index (χ2v) is 6.07. The summed E-state index contributed by atoms with van der Waals surface area (Å²) in [6.45, 7) is 10.5. The molecule has 2 heterocycles. The number of nitrogens with zero attached hydrogens (tertiary/aromatic N) is 2. The second kappa shape index (κ2) is 7.61. The molecule has 1 saturated heterocycles. The molecule has 0 spiro atoms. The number of carbonyl (C=O) groups excluding carboxylic acids is 2. The van der Waals surface area contributed by atoms with Gasteiger partial charge in [0.1, 0.15) is 0 Å². The summed E-state index contributed by atoms with van der Waals surface area (Å²) in [5, 5.41) is 2.85. The minimum absolute atomic E-state index is 0.00756. The molecular formula is C17H25N3O4. The molecule has 0 radical (unpaired) electrons. The topological polar surface area (TPSA) is 80.8 Å². The zero-order valence-electron chi connectivity index (χ0n) is 14.9. The van der Waals surface area contributed by atoms with Crippen molar-refractivity contribution in [2.75, 3.05) is 25.0 Å². The third kappa shape index (κ3) is 4.23. The lowest BCUT2D eigenvalue weighted by molar-refractivity contribution is -0.0530. The van der Waals surface area contributed by atoms with Crippen LogP contribution in [0.1, 0.15) is 42.5 Å². The lowest BCUT2D eigenvalue weighted by atomic mass is 10.1. The van der Waals surface area contributed by atoms with Gasteiger partial charge in [0.25, 0.3) is 0 Å². The minimum atomic E-state index is -0.438. The van der Waals surface area contributed by atoms with Gasteiger partial charge in [-0.1, -0.05) is 0 Å². The maximum atomic E-state index is 12.5. The van der Waals surface area contributed by atoms with Gasteiger partial charge in [0, 0.05) is 13.1 Å². The summed E-state index contributed by atoms with van der Waals surface area (Å²) >= 11 is 0. The van der Waals surface area contributed by atoms with Crippen molar-refractivity contribution in [3.63, 3.8) is 0 Å². The van der Waals surface area contributed by atoms with Crippen molar-refractivity contribution in [1.29, 1.82) is 0 Å². The maximum absolute atomic E-state index is 12.5. The average molecular weight is 335 g/mol. The highest BCUT2D eigenvalue weighted by molar-refractivity contribution is 5.95. The Labute approximate surface area is 142 Å². The molecule has 7 heteroatoms. The summed E-state index contributed by atoms with van der Waals surface area (Å²) in [5.41, 5.74) is 2.11. The predicted octanol–water partition coefficient (Wildman–Crippen LogP) is 2.52. The van der Waals surface area contributed by atoms with Crippen LogP contribution in [0.5, 0.6) is 0 Å². The Balaban J connectivity index is 2.18. The number of aromatic nitrogens is 1. The third-order valence-corrected chi connectivity index (χ3v) is 3.85. The molecule has 1 aromatic heterocycles. The first-order valence-corrected chi connectivity index (χ1v) is 8.18. The largest absolute Gasteiger partial charge is 0.462 e. The van der Waals surface area contributed by atoms with Gasteiger partial charge in [0.2, 0.25) is 0 Å². The van der Waals surface area contributed by atoms with Crippen molar-refractivity contribution in [3.8, 4) is 0 Å². The van der Waals surface area contributed by atoms with Crippen LogP contribution in [-0.4, -0.2) is 53.8 Å². The summed E-state index contributed by atoms with van der Waals surface area (Å²) < 4.78 is 10.7. The Morgan fingerprint density at radius 3 is 2.50 bits per heavy atom. The van der Waals surface area contributed by atoms with E-state index in [1.54, 1.807) is 31.7 Å². The quantitative estimate of drug-likeness (QED) is 0.859. The average Bonchev–Trinajstić information content (AvgIpc) is 2.49. The van der Waals surface area contributed by atoms with E-state index in [9.17, 15) is 9.59 Å². The number of ether oxygens (including phenoxy) is 2. The van der Waals surface area contributed by atoms with E-state index in [1.807, 2.05) is 13.8 Å². The first kappa shape index (κ1) is 18.2. The maximum Gasteiger partial charge on any atom is 0.340 e. The first-order valence-electron chi connectivity index (χ1n) is 8.18. The van der Waals surface area contributed by atoms with Gasteiger partial charge in [0.05, 0.1) is 41.5 Å². The third-order valence-electron chi connectivity index (χ3n) is 3.85. The van der Waals surface area contributed by atoms with Crippen molar-refractivity contribution >= 4 is 17.7 Å². The SMILES string of the molecule is CCOC(=O)c1cc(NC(=O)N2C[C@@H](C)O[C@@H](C)C2)c(C)nc1C. The molecule has 1 N–H and O–H groups in total. The number of urea groups is 1. The predicted molar refractivity (Wildman–Crippen MR) is 90.3 cm³/mol. The van der Waals surface area contributed by atoms with Gasteiger partial charge in [-0.05, 0) is 40.7 Å². The Kier molecular flexibility index (Phi) is 5.77. The van der Waals surface area contributed by atoms with E-state index in [0.717, 1.165) is 0 Å². The zero-order valence-corrected chi connectivity index (χ0v) is 14.9. The fourth-order valence-electron chi connectivity index (χ4n) is 2.81. The number of hydrogen-bond donors (Lipinski definition) is 1. The molecule has 0 unspecified atom stereocenters. The fourth-order valence-corrected chi connectivity index (χ4v) is 2.81. The summed E-state index contributed by atoms with van der Waals surface area (Å²) in [7, 11) is 0. The number of hydrogen-bond acceptors (Lipinski definition) is 5. The van der Waals surface area contributed by atoms with Crippen LogP contribution in [0.2, 0.25) is 0 Å². The number of pyridine rings is 1. The number of aryl methyl sites for hydroxylation is 2. The van der Waals surface area contributed by atoms with Gasteiger partial charge < -0.3 is 19.7 Å². The van der Waals surface area contributed by atoms with Crippen LogP contribution >= 0.6 is 0 Å². The molecule has 1 aliphatic heterocycles. The molecule has 0 aromatic carbocycles. The molecule has 1 aliphatic rings. The van der Waals surface area contributed by atoms with Crippen LogP contribution in [0.4, 0.5) is 10.5 Å². The Morgan fingerprint density at radius 2 is 1.92 bits per heavy atom. The van der Waals surface area contributed by atoms with Crippen LogP contribution in [0.25, 0.3) is 0 Å². The van der Waals surface area contributed by atoms with E-state index in [4.69, 9.17) is 9.47 Å². The van der Waals surface area contributed by atoms with E-state index >= 15 is 0 Å². The van der Waals surface area contributed by atoms with Crippen LogP contribution in [-0.2, 0) is 9.47 Å². The lowest BCUT2D eigenvalue weighted by Crippen LogP contribution is -2.49. The number of carbonyl (C=O) groups is 2. The van der Waals surface area contributed by atoms with E-state index in [1.165, 1.54) is 0 Å². The number of nitrogens with one attached hydrogen (secondary N) is 1. The van der Waals surface area contributed by atoms with Crippen LogP contribution in [0.15, 0.2) is 6.07 Å². The number of esters is 1. The Morgan fingerprint density at radius 1 is 1.29 bits per heavy atom. The van der Waals surface area contributed by atoms with Crippen LogP contribution in [0, 0.1) is 13.8 Å². The molecule has 2 amide bonds. The fraction of sp³-hybridized carbons (Fsp3) is 0.588. The molecule has 7 nitrogen and oxygen atoms in total. The molecule has 2 rings (SSSR count). The van der Waals surface area contributed by atoms with Crippen molar-refractivity contribution in [2.45, 2.75) is 46.8 Å². The minimum Gasteiger partial charge on any atom is -0.462 e. The Bertz CT molecular complexity index is 623. The van der Waals surface area contributed by atoms with Crippen molar-refractivity contribution in [3.05, 3.63) is 23.0 Å². The molecule has 0 saturated carbocycles. The van der Waals surface area contributed by atoms with Crippen molar-refractivity contribution in [2.24, 2.45) is 0 Å². The monoisotopic (exact) mass is 335 g/mol. The van der Waals surface area contributed by atoms with E-state index < -0.39 is 5.97 Å². The summed E-state index contributed by atoms with van der Waals surface area (Å²) in [5.74, 6) is -0.438. The molecule has 2 atom stereocenters. The van der Waals surface area contributed by atoms with Gasteiger partial charge in [0.15, 0.2) is 0 Å². The van der Waals surface area contributed by atoms with Gasteiger partial charge in [-0.3, -0.25) is 4.98 Å². The highest BCUT2D eigenvalue weighted by Crippen LogP contribution is 2.20. The highest BCUT2D eigenvalue weighted by atomic mass is 16.5. The zero-order chi connectivity index (χ0) is 17.9. The number of morpholine rings is 1. The normalized spacial score (nSPS) is 20.6. The molecule has 132 valence electrons. The smallest absolute Gasteiger partial charge is 0.340 e. The van der Waals surface area contributed by atoms with E-state index in [-0.39, 0.29) is 24.8 Å². The van der Waals surface area contributed by atoms with E-state index in [2.05, 4.69) is 10.3 Å². The van der Waals surface area contributed by atoms with Gasteiger partial charge in [-0.2, -0.15) is 0 Å². The lowest BCUT2D eigenvalue weighted by Gasteiger charge is -2.35. The molecule has 0 bridgehead atoms. The van der Waals surface area contributed by atoms with Gasteiger partial charge in [-0.25, -0.2) is 9.59 Å². The first-order chi connectivity index (χ1) is 11.3. The summed E-state index contributed by atoms with van der Waals surface area (Å²) in [6.07, 6.45) is -0.0151. The van der Waals surface area contributed by atoms with Crippen LogP contribution < -0.4 is 5.32 Å². The van der Waals surface area contributed by atoms with E-state index in [0.29, 0.717) is 35.7 Å². The van der Waals surface area contributed by atoms with Gasteiger partial charge >= 0.3 is 12.0 Å². The van der Waals surface area contributed by atoms with Crippen molar-refractivity contribution in [1.82, 2.24) is 9.88 Å². The number of rotatable bonds is 3. The standard InChI is InChI=1S/C17H25N3O4/c1-6-23-16(21)14-7-15(13(5)18-12(14)4)19-17(22)20-8-10(2)24-11(3)9-20/h7,10-11H,6,8-9H2,1-5H3,(H,19,22)/t10-,11+. The molecule has 1 aromatic rings. The number of amides is 2. The molecule has 24 heavy (non-hydrogen) atoms. The molecule has 1 fully saturated rings. The van der Waals surface area contributed by atoms with Crippen LogP contribution in [0.3, 0.4) is 0 Å².